The Hall–Kier alpha value is -2.80. The number of para-hydroxylation sites is 1. The Balaban J connectivity index is 1.97. The van der Waals surface area contributed by atoms with Gasteiger partial charge in [-0.1, -0.05) is 30.3 Å². The van der Waals surface area contributed by atoms with E-state index in [2.05, 4.69) is 17.9 Å². The normalized spacial score (nSPS) is 19.7. The summed E-state index contributed by atoms with van der Waals surface area (Å²) in [6.07, 6.45) is 0.713. The van der Waals surface area contributed by atoms with E-state index in [-0.39, 0.29) is 17.9 Å². The highest BCUT2D eigenvalue weighted by molar-refractivity contribution is 5.85. The van der Waals surface area contributed by atoms with Gasteiger partial charge in [0.2, 0.25) is 5.91 Å². The molecule has 2 aromatic carbocycles. The highest BCUT2D eigenvalue weighted by Crippen LogP contribution is 2.38. The van der Waals surface area contributed by atoms with Gasteiger partial charge in [0.15, 0.2) is 0 Å². The van der Waals surface area contributed by atoms with Gasteiger partial charge in [0.25, 0.3) is 0 Å². The molecule has 4 heteroatoms. The van der Waals surface area contributed by atoms with Crippen molar-refractivity contribution < 1.29 is 4.79 Å². The minimum Gasteiger partial charge on any atom is -0.369 e. The second-order valence-corrected chi connectivity index (χ2v) is 6.04. The standard InChI is InChI=1S/C19H19N3O/c1-13-9-17(19(21)23)16-7-2-3-8-18(16)22(13)12-15-6-4-5-14(10-15)11-20/h2-8,10,13,17H,9,12H2,1H3,(H2,21,23)/t13-,17-/m0/s1. The highest BCUT2D eigenvalue weighted by atomic mass is 16.1. The average molecular weight is 305 g/mol. The van der Waals surface area contributed by atoms with Crippen LogP contribution in [0.25, 0.3) is 0 Å². The molecular formula is C19H19N3O. The smallest absolute Gasteiger partial charge is 0.225 e. The number of carbonyl (C=O) groups excluding carboxylic acids is 1. The van der Waals surface area contributed by atoms with Crippen LogP contribution in [0.15, 0.2) is 48.5 Å². The van der Waals surface area contributed by atoms with E-state index in [1.165, 1.54) is 0 Å². The van der Waals surface area contributed by atoms with Gasteiger partial charge in [-0.3, -0.25) is 4.79 Å². The number of carbonyl (C=O) groups is 1. The van der Waals surface area contributed by atoms with E-state index in [9.17, 15) is 4.79 Å². The van der Waals surface area contributed by atoms with Crippen molar-refractivity contribution in [3.8, 4) is 6.07 Å². The molecule has 0 unspecified atom stereocenters. The quantitative estimate of drug-likeness (QED) is 0.947. The highest BCUT2D eigenvalue weighted by Gasteiger charge is 2.32. The number of amides is 1. The van der Waals surface area contributed by atoms with Gasteiger partial charge in [-0.05, 0) is 42.7 Å². The van der Waals surface area contributed by atoms with E-state index in [1.54, 1.807) is 6.07 Å². The Morgan fingerprint density at radius 3 is 2.83 bits per heavy atom. The summed E-state index contributed by atoms with van der Waals surface area (Å²) in [5.74, 6) is -0.502. The van der Waals surface area contributed by atoms with Crippen LogP contribution in [0, 0.1) is 11.3 Å². The largest absolute Gasteiger partial charge is 0.369 e. The van der Waals surface area contributed by atoms with E-state index in [1.807, 2.05) is 42.5 Å². The number of primary amides is 1. The van der Waals surface area contributed by atoms with Crippen molar-refractivity contribution in [3.63, 3.8) is 0 Å². The molecule has 1 heterocycles. The SMILES string of the molecule is C[C@H]1C[C@H](C(N)=O)c2ccccc2N1Cc1cccc(C#N)c1. The van der Waals surface area contributed by atoms with Gasteiger partial charge in [-0.2, -0.15) is 5.26 Å². The van der Waals surface area contributed by atoms with Crippen LogP contribution in [0.3, 0.4) is 0 Å². The Kier molecular flexibility index (Phi) is 4.03. The van der Waals surface area contributed by atoms with Crippen molar-refractivity contribution in [2.75, 3.05) is 4.90 Å². The summed E-state index contributed by atoms with van der Waals surface area (Å²) in [7, 11) is 0. The third-order valence-corrected chi connectivity index (χ3v) is 4.48. The van der Waals surface area contributed by atoms with E-state index in [4.69, 9.17) is 11.0 Å². The molecule has 0 fully saturated rings. The number of hydrogen-bond donors (Lipinski definition) is 1. The first-order valence-electron chi connectivity index (χ1n) is 7.74. The molecule has 23 heavy (non-hydrogen) atoms. The summed E-state index contributed by atoms with van der Waals surface area (Å²) >= 11 is 0. The number of hydrogen-bond acceptors (Lipinski definition) is 3. The van der Waals surface area contributed by atoms with Gasteiger partial charge in [0.05, 0.1) is 17.6 Å². The molecule has 0 aromatic heterocycles. The molecule has 2 aromatic rings. The monoisotopic (exact) mass is 305 g/mol. The van der Waals surface area contributed by atoms with Crippen LogP contribution in [0.5, 0.6) is 0 Å². The molecule has 2 N–H and O–H groups in total. The Morgan fingerprint density at radius 1 is 1.30 bits per heavy atom. The lowest BCUT2D eigenvalue weighted by Gasteiger charge is -2.40. The second kappa shape index (κ2) is 6.13. The van der Waals surface area contributed by atoms with Crippen molar-refractivity contribution in [1.82, 2.24) is 0 Å². The summed E-state index contributed by atoms with van der Waals surface area (Å²) in [4.78, 5) is 14.1. The van der Waals surface area contributed by atoms with Crippen molar-refractivity contribution in [1.29, 1.82) is 5.26 Å². The fourth-order valence-electron chi connectivity index (χ4n) is 3.32. The number of benzene rings is 2. The molecule has 1 amide bonds. The predicted octanol–water partition coefficient (Wildman–Crippen LogP) is 2.93. The molecule has 0 saturated heterocycles. The molecule has 3 rings (SSSR count). The molecule has 2 atom stereocenters. The number of fused-ring (bicyclic) bond motifs is 1. The summed E-state index contributed by atoms with van der Waals surface area (Å²) < 4.78 is 0. The third-order valence-electron chi connectivity index (χ3n) is 4.48. The van der Waals surface area contributed by atoms with Crippen LogP contribution in [0.2, 0.25) is 0 Å². The van der Waals surface area contributed by atoms with Crippen molar-refractivity contribution >= 4 is 11.6 Å². The van der Waals surface area contributed by atoms with E-state index in [0.717, 1.165) is 16.8 Å². The maximum Gasteiger partial charge on any atom is 0.225 e. The Morgan fingerprint density at radius 2 is 2.09 bits per heavy atom. The fraction of sp³-hybridized carbons (Fsp3) is 0.263. The van der Waals surface area contributed by atoms with Crippen molar-refractivity contribution in [2.45, 2.75) is 31.8 Å². The van der Waals surface area contributed by atoms with Crippen LogP contribution in [0.1, 0.15) is 36.0 Å². The number of nitrogens with zero attached hydrogens (tertiary/aromatic N) is 2. The van der Waals surface area contributed by atoms with E-state index in [0.29, 0.717) is 18.5 Å². The molecule has 0 spiro atoms. The van der Waals surface area contributed by atoms with Crippen molar-refractivity contribution in [2.24, 2.45) is 5.73 Å². The molecule has 0 radical (unpaired) electrons. The topological polar surface area (TPSA) is 70.1 Å². The predicted molar refractivity (Wildman–Crippen MR) is 89.8 cm³/mol. The van der Waals surface area contributed by atoms with Crippen LogP contribution in [-0.4, -0.2) is 11.9 Å². The lowest BCUT2D eigenvalue weighted by molar-refractivity contribution is -0.119. The first kappa shape index (κ1) is 15.1. The minimum absolute atomic E-state index is 0.202. The third kappa shape index (κ3) is 2.91. The number of nitrogens with two attached hydrogens (primary N) is 1. The first-order chi connectivity index (χ1) is 11.1. The number of nitriles is 1. The molecule has 0 saturated carbocycles. The summed E-state index contributed by atoms with van der Waals surface area (Å²) in [5, 5.41) is 9.06. The molecule has 0 bridgehead atoms. The molecule has 116 valence electrons. The minimum atomic E-state index is -0.268. The number of anilines is 1. The summed E-state index contributed by atoms with van der Waals surface area (Å²) in [6, 6.07) is 18.0. The zero-order chi connectivity index (χ0) is 16.4. The lowest BCUT2D eigenvalue weighted by Crippen LogP contribution is -2.41. The molecular weight excluding hydrogens is 286 g/mol. The zero-order valence-corrected chi connectivity index (χ0v) is 13.1. The Bertz CT molecular complexity index is 778. The van der Waals surface area contributed by atoms with Crippen LogP contribution >= 0.6 is 0 Å². The number of rotatable bonds is 3. The summed E-state index contributed by atoms with van der Waals surface area (Å²) in [6.45, 7) is 2.82. The van der Waals surface area contributed by atoms with Gasteiger partial charge in [-0.15, -0.1) is 0 Å². The lowest BCUT2D eigenvalue weighted by atomic mass is 9.85. The van der Waals surface area contributed by atoms with Gasteiger partial charge >= 0.3 is 0 Å². The van der Waals surface area contributed by atoms with E-state index < -0.39 is 0 Å². The molecule has 1 aliphatic rings. The maximum absolute atomic E-state index is 11.8. The van der Waals surface area contributed by atoms with Gasteiger partial charge in [0, 0.05) is 18.3 Å². The molecule has 0 aliphatic carbocycles. The molecule has 1 aliphatic heterocycles. The van der Waals surface area contributed by atoms with Crippen molar-refractivity contribution in [3.05, 3.63) is 65.2 Å². The van der Waals surface area contributed by atoms with Gasteiger partial charge in [0.1, 0.15) is 0 Å². The van der Waals surface area contributed by atoms with Gasteiger partial charge in [-0.25, -0.2) is 0 Å². The summed E-state index contributed by atoms with van der Waals surface area (Å²) in [5.41, 5.74) is 9.38. The first-order valence-corrected chi connectivity index (χ1v) is 7.74. The molecule has 4 nitrogen and oxygen atoms in total. The van der Waals surface area contributed by atoms with Crippen LogP contribution in [0.4, 0.5) is 5.69 Å². The van der Waals surface area contributed by atoms with Gasteiger partial charge < -0.3 is 10.6 Å². The zero-order valence-electron chi connectivity index (χ0n) is 13.1. The van der Waals surface area contributed by atoms with E-state index >= 15 is 0 Å². The van der Waals surface area contributed by atoms with Crippen LogP contribution < -0.4 is 10.6 Å². The second-order valence-electron chi connectivity index (χ2n) is 6.04. The average Bonchev–Trinajstić information content (AvgIpc) is 2.57. The Labute approximate surface area is 136 Å². The fourth-order valence-corrected chi connectivity index (χ4v) is 3.32. The van der Waals surface area contributed by atoms with Crippen LogP contribution in [-0.2, 0) is 11.3 Å². The maximum atomic E-state index is 11.8.